The molecule has 0 amide bonds. The van der Waals surface area contributed by atoms with Crippen LogP contribution in [0.3, 0.4) is 0 Å². The minimum Gasteiger partial charge on any atom is -0.227 e. The third-order valence-electron chi connectivity index (χ3n) is 3.07. The quantitative estimate of drug-likeness (QED) is 0.385. The van der Waals surface area contributed by atoms with Gasteiger partial charge in [0.15, 0.2) is 0 Å². The topological polar surface area (TPSA) is 0 Å². The van der Waals surface area contributed by atoms with Crippen molar-refractivity contribution in [1.82, 2.24) is 0 Å². The molecule has 0 aliphatic rings. The van der Waals surface area contributed by atoms with E-state index in [1.54, 1.807) is 6.92 Å². The predicted molar refractivity (Wildman–Crippen MR) is 54.6 cm³/mol. The van der Waals surface area contributed by atoms with Gasteiger partial charge in [0.05, 0.1) is 0 Å². The number of alkyl halides is 11. The van der Waals surface area contributed by atoms with Gasteiger partial charge in [-0.05, 0) is 12.8 Å². The highest BCUT2D eigenvalue weighted by atomic mass is 19.4. The molecule has 0 saturated carbocycles. The van der Waals surface area contributed by atoms with E-state index in [-0.39, 0.29) is 12.8 Å². The van der Waals surface area contributed by atoms with E-state index in [1.165, 1.54) is 0 Å². The van der Waals surface area contributed by atoms with Crippen molar-refractivity contribution >= 4 is 0 Å². The summed E-state index contributed by atoms with van der Waals surface area (Å²) in [7, 11) is 0. The van der Waals surface area contributed by atoms with Crippen LogP contribution < -0.4 is 0 Å². The molecule has 0 aliphatic carbocycles. The molecular formula is C11H13F11. The SMILES string of the molecule is CCCCCCC(F)(C(F)(F)F)C(F)(F)C(F)(F)C(F)(F)F. The van der Waals surface area contributed by atoms with Crippen molar-refractivity contribution in [3.05, 3.63) is 0 Å². The molecule has 11 heteroatoms. The molecule has 0 radical (unpaired) electrons. The second-order valence-electron chi connectivity index (χ2n) is 4.76. The van der Waals surface area contributed by atoms with Crippen molar-refractivity contribution in [1.29, 1.82) is 0 Å². The van der Waals surface area contributed by atoms with Crippen LogP contribution in [0.25, 0.3) is 0 Å². The fourth-order valence-electron chi connectivity index (χ4n) is 1.70. The van der Waals surface area contributed by atoms with Gasteiger partial charge < -0.3 is 0 Å². The zero-order chi connectivity index (χ0) is 18.0. The van der Waals surface area contributed by atoms with E-state index in [0.717, 1.165) is 0 Å². The van der Waals surface area contributed by atoms with Gasteiger partial charge in [0.1, 0.15) is 0 Å². The summed E-state index contributed by atoms with van der Waals surface area (Å²) in [6, 6.07) is 0. The molecule has 0 aromatic heterocycles. The number of rotatable bonds is 7. The van der Waals surface area contributed by atoms with Crippen LogP contribution in [0, 0.1) is 0 Å². The first-order chi connectivity index (χ1) is 9.56. The van der Waals surface area contributed by atoms with E-state index >= 15 is 0 Å². The first-order valence-electron chi connectivity index (χ1n) is 6.14. The van der Waals surface area contributed by atoms with Crippen LogP contribution in [0.5, 0.6) is 0 Å². The summed E-state index contributed by atoms with van der Waals surface area (Å²) in [5.74, 6) is -14.1. The second-order valence-corrected chi connectivity index (χ2v) is 4.76. The number of hydrogen-bond donors (Lipinski definition) is 0. The maximum Gasteiger partial charge on any atom is 0.460 e. The van der Waals surface area contributed by atoms with Gasteiger partial charge in [-0.25, -0.2) is 4.39 Å². The summed E-state index contributed by atoms with van der Waals surface area (Å²) in [6.07, 6.45) is -16.3. The van der Waals surface area contributed by atoms with E-state index in [2.05, 4.69) is 0 Å². The summed E-state index contributed by atoms with van der Waals surface area (Å²) in [5, 5.41) is 0. The van der Waals surface area contributed by atoms with E-state index in [4.69, 9.17) is 0 Å². The number of halogens is 11. The molecule has 1 unspecified atom stereocenters. The van der Waals surface area contributed by atoms with Gasteiger partial charge in [-0.15, -0.1) is 0 Å². The molecule has 0 aliphatic heterocycles. The van der Waals surface area contributed by atoms with Crippen molar-refractivity contribution in [2.45, 2.75) is 68.9 Å². The Morgan fingerprint density at radius 3 is 1.32 bits per heavy atom. The van der Waals surface area contributed by atoms with Gasteiger partial charge in [-0.1, -0.05) is 26.2 Å². The van der Waals surface area contributed by atoms with Crippen LogP contribution in [-0.4, -0.2) is 29.9 Å². The van der Waals surface area contributed by atoms with Crippen LogP contribution in [0.2, 0.25) is 0 Å². The van der Waals surface area contributed by atoms with Crippen LogP contribution >= 0.6 is 0 Å². The Balaban J connectivity index is 5.69. The zero-order valence-corrected chi connectivity index (χ0v) is 11.2. The van der Waals surface area contributed by atoms with Gasteiger partial charge in [0.2, 0.25) is 0 Å². The molecule has 0 bridgehead atoms. The molecule has 0 heterocycles. The van der Waals surface area contributed by atoms with Gasteiger partial charge in [-0.2, -0.15) is 43.9 Å². The average molecular weight is 354 g/mol. The minimum atomic E-state index is -7.16. The van der Waals surface area contributed by atoms with Crippen molar-refractivity contribution < 1.29 is 48.3 Å². The van der Waals surface area contributed by atoms with Crippen molar-refractivity contribution in [3.63, 3.8) is 0 Å². The summed E-state index contributed by atoms with van der Waals surface area (Å²) in [6.45, 7) is 1.57. The van der Waals surface area contributed by atoms with Crippen molar-refractivity contribution in [3.8, 4) is 0 Å². The molecule has 0 rings (SSSR count). The highest BCUT2D eigenvalue weighted by molar-refractivity contribution is 5.08. The number of hydrogen-bond acceptors (Lipinski definition) is 0. The number of unbranched alkanes of at least 4 members (excludes halogenated alkanes) is 3. The monoisotopic (exact) mass is 354 g/mol. The Labute approximate surface area is 118 Å². The lowest BCUT2D eigenvalue weighted by Gasteiger charge is -2.39. The lowest BCUT2D eigenvalue weighted by molar-refractivity contribution is -0.412. The smallest absolute Gasteiger partial charge is 0.227 e. The highest BCUT2D eigenvalue weighted by Crippen LogP contribution is 2.58. The lowest BCUT2D eigenvalue weighted by Crippen LogP contribution is -2.67. The molecular weight excluding hydrogens is 341 g/mol. The summed E-state index contributed by atoms with van der Waals surface area (Å²) in [4.78, 5) is 0. The van der Waals surface area contributed by atoms with Gasteiger partial charge in [-0.3, -0.25) is 0 Å². The second kappa shape index (κ2) is 6.38. The third-order valence-corrected chi connectivity index (χ3v) is 3.07. The van der Waals surface area contributed by atoms with E-state index < -0.39 is 42.7 Å². The molecule has 134 valence electrons. The van der Waals surface area contributed by atoms with Crippen LogP contribution in [0.4, 0.5) is 48.3 Å². The fourth-order valence-corrected chi connectivity index (χ4v) is 1.70. The lowest BCUT2D eigenvalue weighted by atomic mass is 9.86. The summed E-state index contributed by atoms with van der Waals surface area (Å²) < 4.78 is 139. The van der Waals surface area contributed by atoms with Gasteiger partial charge >= 0.3 is 24.2 Å². The fraction of sp³-hybridized carbons (Fsp3) is 1.00. The Bertz CT molecular complexity index is 354. The Morgan fingerprint density at radius 2 is 1.00 bits per heavy atom. The van der Waals surface area contributed by atoms with E-state index in [0.29, 0.717) is 6.42 Å². The third kappa shape index (κ3) is 3.58. The summed E-state index contributed by atoms with van der Waals surface area (Å²) in [5.41, 5.74) is -5.98. The maximum absolute atomic E-state index is 13.7. The molecule has 1 atom stereocenters. The Hall–Kier alpha value is -0.770. The minimum absolute atomic E-state index is 0.190. The van der Waals surface area contributed by atoms with Crippen molar-refractivity contribution in [2.24, 2.45) is 0 Å². The largest absolute Gasteiger partial charge is 0.460 e. The zero-order valence-electron chi connectivity index (χ0n) is 11.2. The first-order valence-corrected chi connectivity index (χ1v) is 6.14. The molecule has 0 N–H and O–H groups in total. The van der Waals surface area contributed by atoms with E-state index in [9.17, 15) is 48.3 Å². The molecule has 22 heavy (non-hydrogen) atoms. The molecule has 0 fully saturated rings. The van der Waals surface area contributed by atoms with Gasteiger partial charge in [0, 0.05) is 0 Å². The standard InChI is InChI=1S/C11H13F11/c1-2-3-4-5-6-7(12,10(17,18)19)8(13,14)9(15,16)11(20,21)22/h2-6H2,1H3. The molecule has 0 saturated heterocycles. The van der Waals surface area contributed by atoms with E-state index in [1.807, 2.05) is 0 Å². The van der Waals surface area contributed by atoms with Crippen LogP contribution in [-0.2, 0) is 0 Å². The molecule has 0 spiro atoms. The summed E-state index contributed by atoms with van der Waals surface area (Å²) >= 11 is 0. The Kier molecular flexibility index (Phi) is 6.16. The average Bonchev–Trinajstić information content (AvgIpc) is 2.31. The van der Waals surface area contributed by atoms with Crippen LogP contribution in [0.1, 0.15) is 39.0 Å². The molecule has 0 aromatic rings. The maximum atomic E-state index is 13.7. The normalized spacial score (nSPS) is 17.5. The highest BCUT2D eigenvalue weighted by Gasteiger charge is 2.85. The molecule has 0 aromatic carbocycles. The molecule has 0 nitrogen and oxygen atoms in total. The first kappa shape index (κ1) is 21.2. The van der Waals surface area contributed by atoms with Crippen LogP contribution in [0.15, 0.2) is 0 Å². The van der Waals surface area contributed by atoms with Crippen molar-refractivity contribution in [2.75, 3.05) is 0 Å². The van der Waals surface area contributed by atoms with Gasteiger partial charge in [0.25, 0.3) is 5.67 Å². The Morgan fingerprint density at radius 1 is 0.545 bits per heavy atom. The predicted octanol–water partition coefficient (Wildman–Crippen LogP) is 6.06.